The van der Waals surface area contributed by atoms with Gasteiger partial charge in [0.2, 0.25) is 5.91 Å². The summed E-state index contributed by atoms with van der Waals surface area (Å²) in [5.41, 5.74) is 3.48. The predicted octanol–water partition coefficient (Wildman–Crippen LogP) is 4.10. The fourth-order valence-electron chi connectivity index (χ4n) is 4.90. The zero-order valence-electron chi connectivity index (χ0n) is 18.0. The van der Waals surface area contributed by atoms with Gasteiger partial charge in [-0.2, -0.15) is 0 Å². The molecule has 5 nitrogen and oxygen atoms in total. The van der Waals surface area contributed by atoms with E-state index in [1.165, 1.54) is 0 Å². The molecular formula is C24H28ClN3O2. The molecule has 4 rings (SSSR count). The molecule has 2 atom stereocenters. The van der Waals surface area contributed by atoms with E-state index in [1.54, 1.807) is 19.0 Å². The van der Waals surface area contributed by atoms with Gasteiger partial charge >= 0.3 is 0 Å². The van der Waals surface area contributed by atoms with Crippen molar-refractivity contribution >= 4 is 29.1 Å². The van der Waals surface area contributed by atoms with E-state index in [0.29, 0.717) is 11.6 Å². The molecule has 0 saturated carbocycles. The van der Waals surface area contributed by atoms with E-state index >= 15 is 0 Å². The van der Waals surface area contributed by atoms with Crippen LogP contribution >= 0.6 is 11.6 Å². The minimum absolute atomic E-state index is 0.0196. The number of likely N-dealkylation sites (N-methyl/N-ethyl adjacent to an activating group) is 1. The molecule has 1 N–H and O–H groups in total. The highest BCUT2D eigenvalue weighted by Crippen LogP contribution is 2.50. The van der Waals surface area contributed by atoms with Gasteiger partial charge in [0.1, 0.15) is 0 Å². The smallest absolute Gasteiger partial charge is 0.254 e. The van der Waals surface area contributed by atoms with E-state index < -0.39 is 5.54 Å². The summed E-state index contributed by atoms with van der Waals surface area (Å²) in [4.78, 5) is 30.7. The van der Waals surface area contributed by atoms with Crippen LogP contribution in [0.1, 0.15) is 41.5 Å². The molecule has 0 bridgehead atoms. The largest absolute Gasteiger partial charge is 0.347 e. The van der Waals surface area contributed by atoms with Crippen LogP contribution in [0.15, 0.2) is 36.4 Å². The Labute approximate surface area is 183 Å². The van der Waals surface area contributed by atoms with E-state index in [4.69, 9.17) is 11.6 Å². The number of hydrogen-bond acceptors (Lipinski definition) is 3. The fraction of sp³-hybridized carbons (Fsp3) is 0.417. The number of rotatable bonds is 3. The SMILES string of the molecule is Cc1cc2c(cc1C)C(c1ccccc1Cl)(N1CCCCC1C(=O)N(C)C)C(=O)N2. The second-order valence-electron chi connectivity index (χ2n) is 8.56. The Morgan fingerprint density at radius 2 is 1.83 bits per heavy atom. The quantitative estimate of drug-likeness (QED) is 0.805. The summed E-state index contributed by atoms with van der Waals surface area (Å²) in [7, 11) is 3.54. The Kier molecular flexibility index (Phi) is 5.37. The van der Waals surface area contributed by atoms with Gasteiger partial charge in [-0.25, -0.2) is 0 Å². The number of nitrogens with one attached hydrogen (secondary N) is 1. The number of anilines is 1. The van der Waals surface area contributed by atoms with Crippen molar-refractivity contribution in [1.29, 1.82) is 0 Å². The number of fused-ring (bicyclic) bond motifs is 1. The minimum atomic E-state index is -1.14. The van der Waals surface area contributed by atoms with E-state index in [1.807, 2.05) is 37.3 Å². The number of hydrogen-bond donors (Lipinski definition) is 1. The molecule has 0 spiro atoms. The van der Waals surface area contributed by atoms with Crippen molar-refractivity contribution in [2.24, 2.45) is 0 Å². The molecular weight excluding hydrogens is 398 g/mol. The van der Waals surface area contributed by atoms with Crippen molar-refractivity contribution < 1.29 is 9.59 Å². The average Bonchev–Trinajstić information content (AvgIpc) is 2.99. The molecule has 2 aliphatic rings. The molecule has 6 heteroatoms. The maximum absolute atomic E-state index is 13.8. The Hall–Kier alpha value is -2.37. The van der Waals surface area contributed by atoms with E-state index in [-0.39, 0.29) is 17.9 Å². The third-order valence-corrected chi connectivity index (χ3v) is 6.85. The summed E-state index contributed by atoms with van der Waals surface area (Å²) < 4.78 is 0. The molecule has 158 valence electrons. The summed E-state index contributed by atoms with van der Waals surface area (Å²) in [6.45, 7) is 4.74. The number of nitrogens with zero attached hydrogens (tertiary/aromatic N) is 2. The first-order chi connectivity index (χ1) is 14.3. The number of halogens is 1. The standard InChI is InChI=1S/C24H28ClN3O2/c1-15-13-18-20(14-16(15)2)26-23(30)24(18,17-9-5-6-10-19(17)25)28-12-8-7-11-21(28)22(29)27(3)4/h5-6,9-10,13-14,21H,7-8,11-12H2,1-4H3,(H,26,30). The van der Waals surface area contributed by atoms with Crippen molar-refractivity contribution in [3.8, 4) is 0 Å². The van der Waals surface area contributed by atoms with Gasteiger partial charge in [0.25, 0.3) is 5.91 Å². The number of carbonyl (C=O) groups excluding carboxylic acids is 2. The number of carbonyl (C=O) groups is 2. The lowest BCUT2D eigenvalue weighted by Crippen LogP contribution is -2.61. The molecule has 30 heavy (non-hydrogen) atoms. The lowest BCUT2D eigenvalue weighted by molar-refractivity contribution is -0.142. The second-order valence-corrected chi connectivity index (χ2v) is 8.97. The summed E-state index contributed by atoms with van der Waals surface area (Å²) in [6.07, 6.45) is 2.61. The number of likely N-dealkylation sites (tertiary alicyclic amines) is 1. The zero-order valence-corrected chi connectivity index (χ0v) is 18.7. The van der Waals surface area contributed by atoms with E-state index in [2.05, 4.69) is 23.2 Å². The first-order valence-corrected chi connectivity index (χ1v) is 10.8. The van der Waals surface area contributed by atoms with Crippen molar-refractivity contribution in [2.45, 2.75) is 44.7 Å². The first-order valence-electron chi connectivity index (χ1n) is 10.4. The Balaban J connectivity index is 2.02. The summed E-state index contributed by atoms with van der Waals surface area (Å²) in [5, 5.41) is 3.63. The van der Waals surface area contributed by atoms with Gasteiger partial charge < -0.3 is 10.2 Å². The van der Waals surface area contributed by atoms with Crippen molar-refractivity contribution in [2.75, 3.05) is 26.0 Å². The predicted molar refractivity (Wildman–Crippen MR) is 120 cm³/mol. The maximum atomic E-state index is 13.8. The molecule has 2 aromatic carbocycles. The zero-order chi connectivity index (χ0) is 21.6. The van der Waals surface area contributed by atoms with Crippen LogP contribution in [0.25, 0.3) is 0 Å². The van der Waals surface area contributed by atoms with Gasteiger partial charge in [-0.1, -0.05) is 42.3 Å². The molecule has 2 aromatic rings. The van der Waals surface area contributed by atoms with E-state index in [0.717, 1.165) is 47.2 Å². The summed E-state index contributed by atoms with van der Waals surface area (Å²) in [6, 6.07) is 11.2. The normalized spacial score (nSPS) is 23.8. The molecule has 1 fully saturated rings. The Morgan fingerprint density at radius 3 is 2.53 bits per heavy atom. The molecule has 0 aliphatic carbocycles. The van der Waals surface area contributed by atoms with Crippen LogP contribution < -0.4 is 5.32 Å². The highest BCUT2D eigenvalue weighted by Gasteiger charge is 2.57. The first kappa shape index (κ1) is 20.9. The number of amides is 2. The lowest BCUT2D eigenvalue weighted by atomic mass is 9.78. The average molecular weight is 426 g/mol. The van der Waals surface area contributed by atoms with Gasteiger partial charge in [-0.15, -0.1) is 0 Å². The fourth-order valence-corrected chi connectivity index (χ4v) is 5.18. The molecule has 2 aliphatic heterocycles. The summed E-state index contributed by atoms with van der Waals surface area (Å²) >= 11 is 6.70. The van der Waals surface area contributed by atoms with Crippen LogP contribution in [-0.4, -0.2) is 48.3 Å². The monoisotopic (exact) mass is 425 g/mol. The summed E-state index contributed by atoms with van der Waals surface area (Å²) in [5.74, 6) is -0.125. The third kappa shape index (κ3) is 3.03. The highest BCUT2D eigenvalue weighted by molar-refractivity contribution is 6.32. The van der Waals surface area contributed by atoms with Gasteiger partial charge in [-0.05, 0) is 49.9 Å². The van der Waals surface area contributed by atoms with Crippen LogP contribution in [0.5, 0.6) is 0 Å². The van der Waals surface area contributed by atoms with E-state index in [9.17, 15) is 9.59 Å². The van der Waals surface area contributed by atoms with Crippen molar-refractivity contribution in [3.63, 3.8) is 0 Å². The molecule has 2 heterocycles. The number of piperidine rings is 1. The van der Waals surface area contributed by atoms with Crippen LogP contribution in [-0.2, 0) is 15.1 Å². The maximum Gasteiger partial charge on any atom is 0.254 e. The second kappa shape index (κ2) is 7.71. The number of benzene rings is 2. The van der Waals surface area contributed by atoms with Crippen LogP contribution in [0.4, 0.5) is 5.69 Å². The van der Waals surface area contributed by atoms with Gasteiger partial charge in [0.05, 0.1) is 6.04 Å². The molecule has 2 amide bonds. The van der Waals surface area contributed by atoms with Crippen molar-refractivity contribution in [1.82, 2.24) is 9.80 Å². The number of aryl methyl sites for hydroxylation is 2. The van der Waals surface area contributed by atoms with Crippen LogP contribution in [0.3, 0.4) is 0 Å². The van der Waals surface area contributed by atoms with Gasteiger partial charge in [0.15, 0.2) is 5.54 Å². The van der Waals surface area contributed by atoms with Gasteiger partial charge in [0, 0.05) is 42.5 Å². The van der Waals surface area contributed by atoms with Gasteiger partial charge in [-0.3, -0.25) is 14.5 Å². The topological polar surface area (TPSA) is 52.7 Å². The van der Waals surface area contributed by atoms with Crippen LogP contribution in [0, 0.1) is 13.8 Å². The molecule has 0 aromatic heterocycles. The van der Waals surface area contributed by atoms with Crippen molar-refractivity contribution in [3.05, 3.63) is 63.7 Å². The molecule has 1 saturated heterocycles. The minimum Gasteiger partial charge on any atom is -0.347 e. The molecule has 2 unspecified atom stereocenters. The molecule has 0 radical (unpaired) electrons. The highest BCUT2D eigenvalue weighted by atomic mass is 35.5. The lowest BCUT2D eigenvalue weighted by Gasteiger charge is -2.47. The Bertz CT molecular complexity index is 1020. The Morgan fingerprint density at radius 1 is 1.13 bits per heavy atom. The third-order valence-electron chi connectivity index (χ3n) is 6.52. The van der Waals surface area contributed by atoms with Crippen LogP contribution in [0.2, 0.25) is 5.02 Å².